The van der Waals surface area contributed by atoms with Gasteiger partial charge in [0.15, 0.2) is 11.0 Å². The molecule has 2 rings (SSSR count). The molecule has 1 aromatic carbocycles. The highest BCUT2D eigenvalue weighted by Crippen LogP contribution is 2.29. The van der Waals surface area contributed by atoms with Gasteiger partial charge in [-0.15, -0.1) is 10.2 Å². The van der Waals surface area contributed by atoms with E-state index in [0.29, 0.717) is 16.0 Å². The normalized spacial score (nSPS) is 12.2. The minimum absolute atomic E-state index is 0.294. The van der Waals surface area contributed by atoms with Crippen LogP contribution in [0.5, 0.6) is 0 Å². The Hall–Kier alpha value is -1.53. The Balaban J connectivity index is 2.28. The van der Waals surface area contributed by atoms with Crippen LogP contribution in [-0.4, -0.2) is 33.1 Å². The van der Waals surface area contributed by atoms with E-state index < -0.39 is 0 Å². The predicted octanol–water partition coefficient (Wildman–Crippen LogP) is 2.79. The number of nitrogens with zero attached hydrogens (tertiary/aromatic N) is 3. The summed E-state index contributed by atoms with van der Waals surface area (Å²) >= 11 is 7.45. The van der Waals surface area contributed by atoms with Gasteiger partial charge in [0.2, 0.25) is 0 Å². The van der Waals surface area contributed by atoms with Crippen LogP contribution in [0.2, 0.25) is 5.02 Å². The van der Waals surface area contributed by atoms with Gasteiger partial charge in [-0.05, 0) is 19.1 Å². The van der Waals surface area contributed by atoms with Crippen LogP contribution in [-0.2, 0) is 16.6 Å². The van der Waals surface area contributed by atoms with Gasteiger partial charge >= 0.3 is 5.97 Å². The first kappa shape index (κ1) is 14.9. The number of rotatable bonds is 4. The van der Waals surface area contributed by atoms with Gasteiger partial charge in [-0.25, -0.2) is 0 Å². The summed E-state index contributed by atoms with van der Waals surface area (Å²) in [7, 11) is 3.20. The third-order valence-electron chi connectivity index (χ3n) is 2.76. The van der Waals surface area contributed by atoms with Crippen molar-refractivity contribution in [1.82, 2.24) is 14.8 Å². The minimum Gasteiger partial charge on any atom is -0.468 e. The molecular formula is C13H14ClN3O2S. The van der Waals surface area contributed by atoms with Crippen molar-refractivity contribution < 1.29 is 9.53 Å². The number of benzene rings is 1. The second-order valence-electron chi connectivity index (χ2n) is 4.13. The lowest BCUT2D eigenvalue weighted by atomic mass is 10.2. The first-order valence-corrected chi connectivity index (χ1v) is 7.19. The fraction of sp³-hybridized carbons (Fsp3) is 0.308. The van der Waals surface area contributed by atoms with Crippen molar-refractivity contribution in [3.05, 3.63) is 29.3 Å². The van der Waals surface area contributed by atoms with Gasteiger partial charge < -0.3 is 9.30 Å². The number of ether oxygens (including phenoxy) is 1. The van der Waals surface area contributed by atoms with Crippen molar-refractivity contribution in [1.29, 1.82) is 0 Å². The average Bonchev–Trinajstić information content (AvgIpc) is 2.80. The van der Waals surface area contributed by atoms with E-state index in [9.17, 15) is 4.79 Å². The van der Waals surface area contributed by atoms with Crippen LogP contribution < -0.4 is 0 Å². The molecule has 0 saturated heterocycles. The number of carbonyl (C=O) groups excluding carboxylic acids is 1. The van der Waals surface area contributed by atoms with Crippen molar-refractivity contribution in [3.8, 4) is 11.4 Å². The van der Waals surface area contributed by atoms with Gasteiger partial charge in [-0.1, -0.05) is 35.5 Å². The number of methoxy groups -OCH3 is 1. The Morgan fingerprint density at radius 1 is 1.40 bits per heavy atom. The second-order valence-corrected chi connectivity index (χ2v) is 5.84. The van der Waals surface area contributed by atoms with Crippen LogP contribution >= 0.6 is 23.4 Å². The summed E-state index contributed by atoms with van der Waals surface area (Å²) < 4.78 is 6.51. The molecular weight excluding hydrogens is 298 g/mol. The zero-order valence-electron chi connectivity index (χ0n) is 11.3. The predicted molar refractivity (Wildman–Crippen MR) is 78.8 cm³/mol. The van der Waals surface area contributed by atoms with Crippen LogP contribution in [0.4, 0.5) is 0 Å². The van der Waals surface area contributed by atoms with Crippen LogP contribution in [0, 0.1) is 0 Å². The summed E-state index contributed by atoms with van der Waals surface area (Å²) in [4.78, 5) is 11.4. The summed E-state index contributed by atoms with van der Waals surface area (Å²) in [5, 5.41) is 9.14. The highest BCUT2D eigenvalue weighted by Gasteiger charge is 2.20. The lowest BCUT2D eigenvalue weighted by molar-refractivity contribution is -0.139. The second kappa shape index (κ2) is 6.28. The lowest BCUT2D eigenvalue weighted by Crippen LogP contribution is -2.15. The van der Waals surface area contributed by atoms with Gasteiger partial charge in [-0.3, -0.25) is 4.79 Å². The van der Waals surface area contributed by atoms with E-state index in [1.807, 2.05) is 29.8 Å². The smallest absolute Gasteiger partial charge is 0.318 e. The lowest BCUT2D eigenvalue weighted by Gasteiger charge is -2.08. The average molecular weight is 312 g/mol. The Bertz CT molecular complexity index is 630. The number of aromatic nitrogens is 3. The maximum Gasteiger partial charge on any atom is 0.318 e. The van der Waals surface area contributed by atoms with Crippen molar-refractivity contribution in [2.75, 3.05) is 7.11 Å². The van der Waals surface area contributed by atoms with Gasteiger partial charge in [0.1, 0.15) is 5.25 Å². The maximum absolute atomic E-state index is 11.4. The highest BCUT2D eigenvalue weighted by atomic mass is 35.5. The summed E-state index contributed by atoms with van der Waals surface area (Å²) in [6, 6.07) is 7.43. The molecule has 0 N–H and O–H groups in total. The number of esters is 1. The molecule has 0 spiro atoms. The summed E-state index contributed by atoms with van der Waals surface area (Å²) in [6.45, 7) is 1.76. The number of thioether (sulfide) groups is 1. The molecule has 0 aliphatic rings. The minimum atomic E-state index is -0.345. The monoisotopic (exact) mass is 311 g/mol. The van der Waals surface area contributed by atoms with E-state index in [-0.39, 0.29) is 11.2 Å². The fourth-order valence-electron chi connectivity index (χ4n) is 1.67. The Morgan fingerprint density at radius 2 is 2.10 bits per heavy atom. The summed E-state index contributed by atoms with van der Waals surface area (Å²) in [5.41, 5.74) is 0.807. The van der Waals surface area contributed by atoms with E-state index in [4.69, 9.17) is 16.3 Å². The quantitative estimate of drug-likeness (QED) is 0.642. The van der Waals surface area contributed by atoms with Crippen molar-refractivity contribution in [2.24, 2.45) is 7.05 Å². The maximum atomic E-state index is 11.4. The standard InChI is InChI=1S/C13H14ClN3O2S/c1-8(12(18)19-3)20-13-16-15-11(17(13)2)9-6-4-5-7-10(9)14/h4-8H,1-3H3. The zero-order valence-corrected chi connectivity index (χ0v) is 12.9. The third-order valence-corrected chi connectivity index (χ3v) is 4.21. The van der Waals surface area contributed by atoms with Crippen LogP contribution in [0.3, 0.4) is 0 Å². The molecule has 0 aliphatic carbocycles. The van der Waals surface area contributed by atoms with Gasteiger partial charge in [0.05, 0.1) is 12.1 Å². The topological polar surface area (TPSA) is 57.0 Å². The van der Waals surface area contributed by atoms with Crippen LogP contribution in [0.25, 0.3) is 11.4 Å². The molecule has 0 saturated carbocycles. The SMILES string of the molecule is COC(=O)C(C)Sc1nnc(-c2ccccc2Cl)n1C. The van der Waals surface area contributed by atoms with Crippen molar-refractivity contribution in [2.45, 2.75) is 17.3 Å². The first-order valence-electron chi connectivity index (χ1n) is 5.93. The summed E-state index contributed by atoms with van der Waals surface area (Å²) in [5.74, 6) is 0.368. The molecule has 1 heterocycles. The fourth-order valence-corrected chi connectivity index (χ4v) is 2.73. The van der Waals surface area contributed by atoms with E-state index in [1.54, 1.807) is 13.0 Å². The molecule has 1 unspecified atom stereocenters. The number of hydrogen-bond acceptors (Lipinski definition) is 5. The van der Waals surface area contributed by atoms with Gasteiger partial charge in [0.25, 0.3) is 0 Å². The number of halogens is 1. The van der Waals surface area contributed by atoms with E-state index >= 15 is 0 Å². The Kier molecular flexibility index (Phi) is 4.67. The number of hydrogen-bond donors (Lipinski definition) is 0. The Labute approximate surface area is 126 Å². The van der Waals surface area contributed by atoms with Crippen molar-refractivity contribution in [3.63, 3.8) is 0 Å². The molecule has 106 valence electrons. The van der Waals surface area contributed by atoms with E-state index in [2.05, 4.69) is 10.2 Å². The van der Waals surface area contributed by atoms with Crippen LogP contribution in [0.15, 0.2) is 29.4 Å². The zero-order chi connectivity index (χ0) is 14.7. The van der Waals surface area contributed by atoms with E-state index in [1.165, 1.54) is 18.9 Å². The summed E-state index contributed by atoms with van der Waals surface area (Å²) in [6.07, 6.45) is 0. The molecule has 0 radical (unpaired) electrons. The molecule has 1 aromatic heterocycles. The van der Waals surface area contributed by atoms with Crippen molar-refractivity contribution >= 4 is 29.3 Å². The molecule has 0 amide bonds. The highest BCUT2D eigenvalue weighted by molar-refractivity contribution is 8.00. The Morgan fingerprint density at radius 3 is 2.75 bits per heavy atom. The molecule has 2 aromatic rings. The van der Waals surface area contributed by atoms with Gasteiger partial charge in [-0.2, -0.15) is 0 Å². The molecule has 1 atom stereocenters. The number of carbonyl (C=O) groups is 1. The third kappa shape index (κ3) is 2.96. The molecule has 5 nitrogen and oxygen atoms in total. The molecule has 0 fully saturated rings. The van der Waals surface area contributed by atoms with Gasteiger partial charge in [0, 0.05) is 12.6 Å². The van der Waals surface area contributed by atoms with Crippen LogP contribution in [0.1, 0.15) is 6.92 Å². The molecule has 0 aliphatic heterocycles. The molecule has 20 heavy (non-hydrogen) atoms. The molecule has 0 bridgehead atoms. The molecule has 7 heteroatoms. The first-order chi connectivity index (χ1) is 9.54. The van der Waals surface area contributed by atoms with E-state index in [0.717, 1.165) is 5.56 Å². The largest absolute Gasteiger partial charge is 0.468 e.